The van der Waals surface area contributed by atoms with Crippen LogP contribution in [-0.4, -0.2) is 13.1 Å². The van der Waals surface area contributed by atoms with E-state index in [0.29, 0.717) is 12.5 Å². The molecule has 0 amide bonds. The van der Waals surface area contributed by atoms with Crippen LogP contribution in [0.5, 0.6) is 0 Å². The van der Waals surface area contributed by atoms with Crippen molar-refractivity contribution in [1.29, 1.82) is 0 Å². The second-order valence-electron chi connectivity index (χ2n) is 4.33. The lowest BCUT2D eigenvalue weighted by Crippen LogP contribution is -2.34. The molecule has 0 radical (unpaired) electrons. The van der Waals surface area contributed by atoms with E-state index in [9.17, 15) is 8.78 Å². The monoisotopic (exact) mass is 211 g/mol. The Bertz CT molecular complexity index is 331. The average molecular weight is 211 g/mol. The summed E-state index contributed by atoms with van der Waals surface area (Å²) in [6.45, 7) is 3.70. The standard InChI is InChI=1S/C12H15F2N/c1-8-5-9(7-15-6-8)12-10(13)3-2-4-11(12)14/h2-4,8-9,15H,5-7H2,1H3. The molecule has 1 saturated heterocycles. The van der Waals surface area contributed by atoms with Crippen molar-refractivity contribution in [2.24, 2.45) is 5.92 Å². The van der Waals surface area contributed by atoms with E-state index in [1.54, 1.807) is 0 Å². The maximum atomic E-state index is 13.5. The van der Waals surface area contributed by atoms with Crippen molar-refractivity contribution in [3.05, 3.63) is 35.4 Å². The first-order chi connectivity index (χ1) is 7.18. The number of halogens is 2. The largest absolute Gasteiger partial charge is 0.316 e. The summed E-state index contributed by atoms with van der Waals surface area (Å²) in [6, 6.07) is 4.07. The maximum Gasteiger partial charge on any atom is 0.129 e. The van der Waals surface area contributed by atoms with Crippen LogP contribution in [0.2, 0.25) is 0 Å². The van der Waals surface area contributed by atoms with Gasteiger partial charge in [0.1, 0.15) is 11.6 Å². The molecule has 2 rings (SSSR count). The van der Waals surface area contributed by atoms with Gasteiger partial charge in [-0.2, -0.15) is 0 Å². The average Bonchev–Trinajstić information content (AvgIpc) is 2.17. The van der Waals surface area contributed by atoms with Crippen molar-refractivity contribution in [3.8, 4) is 0 Å². The number of piperidine rings is 1. The molecule has 0 aromatic heterocycles. The lowest BCUT2D eigenvalue weighted by atomic mass is 9.86. The molecule has 0 bridgehead atoms. The SMILES string of the molecule is CC1CNCC(c2c(F)cccc2F)C1. The van der Waals surface area contributed by atoms with Gasteiger partial charge in [0, 0.05) is 18.0 Å². The highest BCUT2D eigenvalue weighted by molar-refractivity contribution is 5.24. The molecule has 1 aromatic carbocycles. The number of nitrogens with one attached hydrogen (secondary N) is 1. The zero-order valence-corrected chi connectivity index (χ0v) is 8.76. The molecule has 1 fully saturated rings. The number of rotatable bonds is 1. The molecule has 0 saturated carbocycles. The van der Waals surface area contributed by atoms with Gasteiger partial charge < -0.3 is 5.32 Å². The predicted molar refractivity (Wildman–Crippen MR) is 55.7 cm³/mol. The smallest absolute Gasteiger partial charge is 0.129 e. The van der Waals surface area contributed by atoms with E-state index in [-0.39, 0.29) is 11.5 Å². The van der Waals surface area contributed by atoms with Gasteiger partial charge in [-0.3, -0.25) is 0 Å². The molecule has 0 spiro atoms. The highest BCUT2D eigenvalue weighted by atomic mass is 19.1. The van der Waals surface area contributed by atoms with Gasteiger partial charge in [-0.15, -0.1) is 0 Å². The summed E-state index contributed by atoms with van der Waals surface area (Å²) in [7, 11) is 0. The van der Waals surface area contributed by atoms with Crippen molar-refractivity contribution in [1.82, 2.24) is 5.32 Å². The molecule has 1 aliphatic heterocycles. The Balaban J connectivity index is 2.28. The number of hydrogen-bond acceptors (Lipinski definition) is 1. The third kappa shape index (κ3) is 2.17. The van der Waals surface area contributed by atoms with Crippen LogP contribution in [0, 0.1) is 17.6 Å². The fraction of sp³-hybridized carbons (Fsp3) is 0.500. The molecule has 2 unspecified atom stereocenters. The molecule has 1 aliphatic rings. The fourth-order valence-electron chi connectivity index (χ4n) is 2.28. The third-order valence-corrected chi connectivity index (χ3v) is 2.98. The van der Waals surface area contributed by atoms with E-state index in [4.69, 9.17) is 0 Å². The summed E-state index contributed by atoms with van der Waals surface area (Å²) >= 11 is 0. The van der Waals surface area contributed by atoms with Gasteiger partial charge in [0.05, 0.1) is 0 Å². The van der Waals surface area contributed by atoms with Gasteiger partial charge in [-0.05, 0) is 31.0 Å². The highest BCUT2D eigenvalue weighted by Crippen LogP contribution is 2.29. The van der Waals surface area contributed by atoms with Gasteiger partial charge in [0.15, 0.2) is 0 Å². The van der Waals surface area contributed by atoms with Gasteiger partial charge in [-0.1, -0.05) is 13.0 Å². The Labute approximate surface area is 88.5 Å². The molecule has 1 nitrogen and oxygen atoms in total. The molecule has 15 heavy (non-hydrogen) atoms. The Morgan fingerprint density at radius 3 is 2.47 bits per heavy atom. The summed E-state index contributed by atoms with van der Waals surface area (Å²) in [5, 5.41) is 3.20. The number of hydrogen-bond donors (Lipinski definition) is 1. The topological polar surface area (TPSA) is 12.0 Å². The van der Waals surface area contributed by atoms with Gasteiger partial charge in [-0.25, -0.2) is 8.78 Å². The third-order valence-electron chi connectivity index (χ3n) is 2.98. The first-order valence-corrected chi connectivity index (χ1v) is 5.33. The zero-order valence-electron chi connectivity index (χ0n) is 8.76. The van der Waals surface area contributed by atoms with Crippen LogP contribution in [-0.2, 0) is 0 Å². The molecule has 1 N–H and O–H groups in total. The molecule has 1 aromatic rings. The molecule has 1 heterocycles. The van der Waals surface area contributed by atoms with E-state index in [1.807, 2.05) is 0 Å². The normalized spacial score (nSPS) is 26.6. The van der Waals surface area contributed by atoms with Crippen LogP contribution < -0.4 is 5.32 Å². The zero-order chi connectivity index (χ0) is 10.8. The Morgan fingerprint density at radius 2 is 1.87 bits per heavy atom. The van der Waals surface area contributed by atoms with Gasteiger partial charge in [0.25, 0.3) is 0 Å². The summed E-state index contributed by atoms with van der Waals surface area (Å²) in [6.07, 6.45) is 0.852. The maximum absolute atomic E-state index is 13.5. The second-order valence-corrected chi connectivity index (χ2v) is 4.33. The van der Waals surface area contributed by atoms with Crippen LogP contribution in [0.4, 0.5) is 8.78 Å². The number of benzene rings is 1. The lowest BCUT2D eigenvalue weighted by molar-refractivity contribution is 0.349. The van der Waals surface area contributed by atoms with Gasteiger partial charge >= 0.3 is 0 Å². The molecule has 2 atom stereocenters. The quantitative estimate of drug-likeness (QED) is 0.753. The van der Waals surface area contributed by atoms with Crippen LogP contribution in [0.15, 0.2) is 18.2 Å². The molecular weight excluding hydrogens is 196 g/mol. The van der Waals surface area contributed by atoms with Crippen molar-refractivity contribution in [2.45, 2.75) is 19.3 Å². The van der Waals surface area contributed by atoms with E-state index in [2.05, 4.69) is 12.2 Å². The second kappa shape index (κ2) is 4.27. The minimum absolute atomic E-state index is 0.0325. The Hall–Kier alpha value is -0.960. The minimum atomic E-state index is -0.420. The summed E-state index contributed by atoms with van der Waals surface area (Å²) in [5.74, 6) is -0.399. The van der Waals surface area contributed by atoms with Crippen molar-refractivity contribution in [2.75, 3.05) is 13.1 Å². The highest BCUT2D eigenvalue weighted by Gasteiger charge is 2.24. The van der Waals surface area contributed by atoms with E-state index in [1.165, 1.54) is 18.2 Å². The molecule has 3 heteroatoms. The summed E-state index contributed by atoms with van der Waals surface area (Å²) in [4.78, 5) is 0. The fourth-order valence-corrected chi connectivity index (χ4v) is 2.28. The van der Waals surface area contributed by atoms with Crippen LogP contribution >= 0.6 is 0 Å². The van der Waals surface area contributed by atoms with E-state index < -0.39 is 11.6 Å². The summed E-state index contributed by atoms with van der Waals surface area (Å²) in [5.41, 5.74) is 0.247. The first-order valence-electron chi connectivity index (χ1n) is 5.33. The Kier molecular flexibility index (Phi) is 3.00. The van der Waals surface area contributed by atoms with E-state index in [0.717, 1.165) is 13.0 Å². The molecule has 82 valence electrons. The van der Waals surface area contributed by atoms with Crippen LogP contribution in [0.25, 0.3) is 0 Å². The molecule has 0 aliphatic carbocycles. The van der Waals surface area contributed by atoms with Crippen molar-refractivity contribution < 1.29 is 8.78 Å². The van der Waals surface area contributed by atoms with Crippen LogP contribution in [0.1, 0.15) is 24.8 Å². The Morgan fingerprint density at radius 1 is 1.20 bits per heavy atom. The van der Waals surface area contributed by atoms with E-state index >= 15 is 0 Å². The molecular formula is C12H15F2N. The van der Waals surface area contributed by atoms with Gasteiger partial charge in [0.2, 0.25) is 0 Å². The predicted octanol–water partition coefficient (Wildman–Crippen LogP) is 2.68. The van der Waals surface area contributed by atoms with Crippen molar-refractivity contribution >= 4 is 0 Å². The minimum Gasteiger partial charge on any atom is -0.316 e. The van der Waals surface area contributed by atoms with Crippen molar-refractivity contribution in [3.63, 3.8) is 0 Å². The summed E-state index contributed by atoms with van der Waals surface area (Å²) < 4.78 is 27.0. The van der Waals surface area contributed by atoms with Crippen LogP contribution in [0.3, 0.4) is 0 Å². The first kappa shape index (κ1) is 10.6. The lowest BCUT2D eigenvalue weighted by Gasteiger charge is -2.28.